The van der Waals surface area contributed by atoms with Crippen LogP contribution in [0.4, 0.5) is 0 Å². The standard InChI is InChI=1S/C12H19N3O4S/c1-4-14-7-11(13-9(14)3)20(18,19)15-8(2)5-6-10(15)12(16)17/h7-8,10H,4-6H2,1-3H3,(H,16,17)/t8-,10-/m0/s1. The molecule has 0 aliphatic carbocycles. The average Bonchev–Trinajstić information content (AvgIpc) is 2.92. The zero-order chi connectivity index (χ0) is 15.1. The number of aryl methyl sites for hydroxylation is 2. The number of hydrogen-bond acceptors (Lipinski definition) is 4. The summed E-state index contributed by atoms with van der Waals surface area (Å²) in [6.45, 7) is 5.96. The Morgan fingerprint density at radius 1 is 1.50 bits per heavy atom. The maximum absolute atomic E-state index is 12.6. The van der Waals surface area contributed by atoms with Gasteiger partial charge in [-0.1, -0.05) is 0 Å². The average molecular weight is 301 g/mol. The van der Waals surface area contributed by atoms with E-state index in [1.165, 1.54) is 6.20 Å². The molecule has 1 N–H and O–H groups in total. The van der Waals surface area contributed by atoms with Gasteiger partial charge in [0.15, 0.2) is 5.03 Å². The molecule has 0 radical (unpaired) electrons. The van der Waals surface area contributed by atoms with E-state index in [2.05, 4.69) is 4.98 Å². The maximum Gasteiger partial charge on any atom is 0.322 e. The summed E-state index contributed by atoms with van der Waals surface area (Å²) in [7, 11) is -3.87. The third-order valence-electron chi connectivity index (χ3n) is 3.72. The summed E-state index contributed by atoms with van der Waals surface area (Å²) < 4.78 is 28.1. The Hall–Kier alpha value is -1.41. The van der Waals surface area contributed by atoms with E-state index in [-0.39, 0.29) is 11.1 Å². The molecule has 8 heteroatoms. The Morgan fingerprint density at radius 2 is 2.15 bits per heavy atom. The van der Waals surface area contributed by atoms with Crippen molar-refractivity contribution in [1.29, 1.82) is 0 Å². The second kappa shape index (κ2) is 5.17. The summed E-state index contributed by atoms with van der Waals surface area (Å²) in [6, 6.07) is -1.32. The lowest BCUT2D eigenvalue weighted by atomic mass is 10.2. The van der Waals surface area contributed by atoms with Gasteiger partial charge in [-0.25, -0.2) is 13.4 Å². The molecule has 0 spiro atoms. The molecule has 0 bridgehead atoms. The minimum absolute atomic E-state index is 0.0724. The third kappa shape index (κ3) is 2.33. The summed E-state index contributed by atoms with van der Waals surface area (Å²) in [5.74, 6) is -0.505. The molecule has 0 unspecified atom stereocenters. The van der Waals surface area contributed by atoms with Gasteiger partial charge in [0, 0.05) is 18.8 Å². The predicted octanol–water partition coefficient (Wildman–Crippen LogP) is 0.838. The van der Waals surface area contributed by atoms with E-state index in [1.807, 2.05) is 6.92 Å². The van der Waals surface area contributed by atoms with E-state index in [0.717, 1.165) is 4.31 Å². The Morgan fingerprint density at radius 3 is 2.65 bits per heavy atom. The van der Waals surface area contributed by atoms with Gasteiger partial charge in [0.05, 0.1) is 0 Å². The van der Waals surface area contributed by atoms with Crippen molar-refractivity contribution in [2.45, 2.75) is 57.3 Å². The van der Waals surface area contributed by atoms with Gasteiger partial charge in [0.25, 0.3) is 10.0 Å². The zero-order valence-electron chi connectivity index (χ0n) is 11.8. The maximum atomic E-state index is 12.6. The van der Waals surface area contributed by atoms with Crippen LogP contribution in [0.15, 0.2) is 11.2 Å². The fraction of sp³-hybridized carbons (Fsp3) is 0.667. The second-order valence-electron chi connectivity index (χ2n) is 5.03. The van der Waals surface area contributed by atoms with Crippen LogP contribution in [0.1, 0.15) is 32.5 Å². The van der Waals surface area contributed by atoms with Crippen molar-refractivity contribution in [3.63, 3.8) is 0 Å². The molecule has 7 nitrogen and oxygen atoms in total. The minimum atomic E-state index is -3.87. The SMILES string of the molecule is CCn1cc(S(=O)(=O)N2[C@@H](C)CC[C@H]2C(=O)O)nc1C. The van der Waals surface area contributed by atoms with E-state index < -0.39 is 22.0 Å². The van der Waals surface area contributed by atoms with Gasteiger partial charge in [-0.3, -0.25) is 4.79 Å². The van der Waals surface area contributed by atoms with Gasteiger partial charge in [-0.15, -0.1) is 0 Å². The smallest absolute Gasteiger partial charge is 0.322 e. The first kappa shape index (κ1) is 15.0. The van der Waals surface area contributed by atoms with E-state index >= 15 is 0 Å². The van der Waals surface area contributed by atoms with Gasteiger partial charge in [-0.2, -0.15) is 4.31 Å². The number of aromatic nitrogens is 2. The number of rotatable bonds is 4. The van der Waals surface area contributed by atoms with Crippen molar-refractivity contribution >= 4 is 16.0 Å². The van der Waals surface area contributed by atoms with Crippen LogP contribution in [0.5, 0.6) is 0 Å². The van der Waals surface area contributed by atoms with Gasteiger partial charge >= 0.3 is 5.97 Å². The van der Waals surface area contributed by atoms with Crippen molar-refractivity contribution in [2.75, 3.05) is 0 Å². The third-order valence-corrected chi connectivity index (χ3v) is 5.62. The van der Waals surface area contributed by atoms with Crippen LogP contribution < -0.4 is 0 Å². The van der Waals surface area contributed by atoms with E-state index in [9.17, 15) is 18.3 Å². The van der Waals surface area contributed by atoms with Crippen LogP contribution in [-0.2, 0) is 21.4 Å². The van der Waals surface area contributed by atoms with Gasteiger partial charge in [0.2, 0.25) is 0 Å². The lowest BCUT2D eigenvalue weighted by molar-refractivity contribution is -0.140. The number of carboxylic acids is 1. The van der Waals surface area contributed by atoms with Crippen molar-refractivity contribution < 1.29 is 18.3 Å². The van der Waals surface area contributed by atoms with E-state index in [4.69, 9.17) is 0 Å². The Balaban J connectivity index is 2.45. The molecule has 1 aromatic rings. The van der Waals surface area contributed by atoms with Crippen LogP contribution in [0.2, 0.25) is 0 Å². The first-order chi connectivity index (χ1) is 9.28. The lowest BCUT2D eigenvalue weighted by Crippen LogP contribution is -2.43. The van der Waals surface area contributed by atoms with Crippen molar-refractivity contribution in [3.8, 4) is 0 Å². The number of sulfonamides is 1. The van der Waals surface area contributed by atoms with Crippen molar-refractivity contribution in [1.82, 2.24) is 13.9 Å². The molecular weight excluding hydrogens is 282 g/mol. The summed E-state index contributed by atoms with van der Waals surface area (Å²) in [6.07, 6.45) is 2.35. The number of hydrogen-bond donors (Lipinski definition) is 1. The molecule has 20 heavy (non-hydrogen) atoms. The predicted molar refractivity (Wildman–Crippen MR) is 71.8 cm³/mol. The highest BCUT2D eigenvalue weighted by Gasteiger charge is 2.44. The van der Waals surface area contributed by atoms with Crippen LogP contribution in [-0.4, -0.2) is 45.4 Å². The van der Waals surface area contributed by atoms with Gasteiger partial charge in [-0.05, 0) is 33.6 Å². The van der Waals surface area contributed by atoms with Crippen LogP contribution in [0.25, 0.3) is 0 Å². The fourth-order valence-electron chi connectivity index (χ4n) is 2.63. The zero-order valence-corrected chi connectivity index (χ0v) is 12.6. The summed E-state index contributed by atoms with van der Waals surface area (Å²) in [5, 5.41) is 9.11. The molecule has 0 aromatic carbocycles. The Kier molecular flexibility index (Phi) is 3.88. The lowest BCUT2D eigenvalue weighted by Gasteiger charge is -2.23. The highest BCUT2D eigenvalue weighted by Crippen LogP contribution is 2.30. The van der Waals surface area contributed by atoms with Crippen LogP contribution in [0, 0.1) is 6.92 Å². The first-order valence-corrected chi connectivity index (χ1v) is 8.03. The molecule has 112 valence electrons. The molecule has 1 saturated heterocycles. The number of imidazole rings is 1. The monoisotopic (exact) mass is 301 g/mol. The molecule has 0 amide bonds. The Bertz CT molecular complexity index is 623. The van der Waals surface area contributed by atoms with Crippen molar-refractivity contribution in [3.05, 3.63) is 12.0 Å². The molecule has 1 aliphatic rings. The number of nitrogens with zero attached hydrogens (tertiary/aromatic N) is 3. The molecule has 1 aliphatic heterocycles. The summed E-state index contributed by atoms with van der Waals surface area (Å²) in [4.78, 5) is 15.3. The van der Waals surface area contributed by atoms with Crippen LogP contribution in [0.3, 0.4) is 0 Å². The van der Waals surface area contributed by atoms with Gasteiger partial charge < -0.3 is 9.67 Å². The molecular formula is C12H19N3O4S. The van der Waals surface area contributed by atoms with E-state index in [1.54, 1.807) is 18.4 Å². The van der Waals surface area contributed by atoms with Crippen molar-refractivity contribution in [2.24, 2.45) is 0 Å². The second-order valence-corrected chi connectivity index (χ2v) is 6.82. The molecule has 2 rings (SSSR count). The minimum Gasteiger partial charge on any atom is -0.480 e. The molecule has 1 aromatic heterocycles. The molecule has 0 saturated carbocycles. The highest BCUT2D eigenvalue weighted by molar-refractivity contribution is 7.89. The largest absolute Gasteiger partial charge is 0.480 e. The normalized spacial score (nSPS) is 24.1. The Labute approximate surface area is 118 Å². The molecule has 2 heterocycles. The molecule has 1 fully saturated rings. The van der Waals surface area contributed by atoms with Gasteiger partial charge in [0.1, 0.15) is 11.9 Å². The summed E-state index contributed by atoms with van der Waals surface area (Å²) in [5.41, 5.74) is 0. The topological polar surface area (TPSA) is 92.5 Å². The number of carboxylic acid groups (broad SMARTS) is 1. The van der Waals surface area contributed by atoms with E-state index in [0.29, 0.717) is 25.2 Å². The van der Waals surface area contributed by atoms with Crippen LogP contribution >= 0.6 is 0 Å². The number of aliphatic carboxylic acids is 1. The summed E-state index contributed by atoms with van der Waals surface area (Å²) >= 11 is 0. The number of carbonyl (C=O) groups is 1. The quantitative estimate of drug-likeness (QED) is 0.889. The highest BCUT2D eigenvalue weighted by atomic mass is 32.2. The first-order valence-electron chi connectivity index (χ1n) is 6.59. The molecule has 2 atom stereocenters. The fourth-order valence-corrected chi connectivity index (χ4v) is 4.46.